The topological polar surface area (TPSA) is 60.8 Å². The predicted octanol–water partition coefficient (Wildman–Crippen LogP) is 2.97. The SMILES string of the molecule is Cc1ccccc1N(CCC(=O)O)C1CCCCCC1O. The van der Waals surface area contributed by atoms with Crippen LogP contribution in [0.15, 0.2) is 24.3 Å². The molecule has 2 N–H and O–H groups in total. The minimum Gasteiger partial charge on any atom is -0.481 e. The van der Waals surface area contributed by atoms with Crippen LogP contribution in [0.25, 0.3) is 0 Å². The minimum absolute atomic E-state index is 0.0212. The van der Waals surface area contributed by atoms with E-state index < -0.39 is 5.97 Å². The lowest BCUT2D eigenvalue weighted by atomic mass is 10.0. The fraction of sp³-hybridized carbons (Fsp3) is 0.588. The average molecular weight is 291 g/mol. The van der Waals surface area contributed by atoms with Crippen molar-refractivity contribution in [2.75, 3.05) is 11.4 Å². The maximum atomic E-state index is 11.0. The summed E-state index contributed by atoms with van der Waals surface area (Å²) in [6.45, 7) is 2.48. The summed E-state index contributed by atoms with van der Waals surface area (Å²) in [5.74, 6) is -0.795. The standard InChI is InChI=1S/C17H25NO3/c1-13-7-5-6-8-14(13)18(12-11-17(20)21)15-9-3-2-4-10-16(15)19/h5-8,15-16,19H,2-4,9-12H2,1H3,(H,20,21). The number of carboxylic acids is 1. The van der Waals surface area contributed by atoms with Crippen LogP contribution < -0.4 is 4.90 Å². The number of nitrogens with zero attached hydrogens (tertiary/aromatic N) is 1. The predicted molar refractivity (Wildman–Crippen MR) is 83.7 cm³/mol. The molecule has 0 amide bonds. The molecule has 1 aliphatic carbocycles. The van der Waals surface area contributed by atoms with E-state index in [0.29, 0.717) is 6.54 Å². The summed E-state index contributed by atoms with van der Waals surface area (Å²) < 4.78 is 0. The first-order valence-corrected chi connectivity index (χ1v) is 7.81. The largest absolute Gasteiger partial charge is 0.481 e. The van der Waals surface area contributed by atoms with Crippen molar-refractivity contribution in [3.63, 3.8) is 0 Å². The molecular formula is C17H25NO3. The van der Waals surface area contributed by atoms with Crippen molar-refractivity contribution in [2.45, 2.75) is 57.6 Å². The number of benzene rings is 1. The van der Waals surface area contributed by atoms with E-state index in [4.69, 9.17) is 5.11 Å². The third-order valence-electron chi connectivity index (χ3n) is 4.34. The number of aliphatic hydroxyl groups excluding tert-OH is 1. The monoisotopic (exact) mass is 291 g/mol. The molecule has 1 aromatic carbocycles. The normalized spacial score (nSPS) is 22.6. The maximum absolute atomic E-state index is 11.0. The third-order valence-corrected chi connectivity index (χ3v) is 4.34. The number of carbonyl (C=O) groups is 1. The number of hydrogen-bond acceptors (Lipinski definition) is 3. The zero-order valence-corrected chi connectivity index (χ0v) is 12.7. The van der Waals surface area contributed by atoms with Crippen LogP contribution in [0.3, 0.4) is 0 Å². The van der Waals surface area contributed by atoms with Crippen molar-refractivity contribution in [3.05, 3.63) is 29.8 Å². The summed E-state index contributed by atoms with van der Waals surface area (Å²) in [5, 5.41) is 19.5. The molecule has 2 unspecified atom stereocenters. The Morgan fingerprint density at radius 1 is 1.24 bits per heavy atom. The molecule has 0 aromatic heterocycles. The number of aryl methyl sites for hydroxylation is 1. The summed E-state index contributed by atoms with van der Waals surface area (Å²) in [6, 6.07) is 8.03. The van der Waals surface area contributed by atoms with Crippen LogP contribution in [-0.4, -0.2) is 34.9 Å². The first kappa shape index (κ1) is 15.8. The average Bonchev–Trinajstić information content (AvgIpc) is 2.66. The minimum atomic E-state index is -0.795. The van der Waals surface area contributed by atoms with Gasteiger partial charge in [0.15, 0.2) is 0 Å². The molecule has 0 radical (unpaired) electrons. The fourth-order valence-electron chi connectivity index (χ4n) is 3.20. The van der Waals surface area contributed by atoms with Gasteiger partial charge in [-0.3, -0.25) is 4.79 Å². The fourth-order valence-corrected chi connectivity index (χ4v) is 3.20. The van der Waals surface area contributed by atoms with Crippen molar-refractivity contribution in [1.29, 1.82) is 0 Å². The van der Waals surface area contributed by atoms with Crippen molar-refractivity contribution < 1.29 is 15.0 Å². The Bertz CT molecular complexity index is 475. The molecule has 1 fully saturated rings. The van der Waals surface area contributed by atoms with E-state index in [1.54, 1.807) is 0 Å². The van der Waals surface area contributed by atoms with Gasteiger partial charge in [0.05, 0.1) is 18.6 Å². The van der Waals surface area contributed by atoms with Crippen molar-refractivity contribution in [2.24, 2.45) is 0 Å². The van der Waals surface area contributed by atoms with E-state index in [9.17, 15) is 9.90 Å². The molecule has 1 aromatic rings. The molecule has 21 heavy (non-hydrogen) atoms. The summed E-state index contributed by atoms with van der Waals surface area (Å²) >= 11 is 0. The molecule has 2 atom stereocenters. The lowest BCUT2D eigenvalue weighted by molar-refractivity contribution is -0.136. The van der Waals surface area contributed by atoms with Crippen LogP contribution in [0, 0.1) is 6.92 Å². The molecule has 0 bridgehead atoms. The molecule has 4 nitrogen and oxygen atoms in total. The molecular weight excluding hydrogens is 266 g/mol. The van der Waals surface area contributed by atoms with Crippen molar-refractivity contribution >= 4 is 11.7 Å². The summed E-state index contributed by atoms with van der Waals surface area (Å²) in [6.07, 6.45) is 4.75. The highest BCUT2D eigenvalue weighted by atomic mass is 16.4. The maximum Gasteiger partial charge on any atom is 0.305 e. The number of aliphatic hydroxyl groups is 1. The molecule has 0 heterocycles. The van der Waals surface area contributed by atoms with Crippen molar-refractivity contribution in [1.82, 2.24) is 0 Å². The highest BCUT2D eigenvalue weighted by Crippen LogP contribution is 2.29. The number of para-hydroxylation sites is 1. The first-order valence-electron chi connectivity index (χ1n) is 7.81. The van der Waals surface area contributed by atoms with E-state index in [2.05, 4.69) is 4.90 Å². The number of rotatable bonds is 5. The molecule has 1 saturated carbocycles. The van der Waals surface area contributed by atoms with Crippen LogP contribution in [-0.2, 0) is 4.79 Å². The Labute approximate surface area is 126 Å². The highest BCUT2D eigenvalue weighted by molar-refractivity contribution is 5.68. The van der Waals surface area contributed by atoms with Gasteiger partial charge in [-0.2, -0.15) is 0 Å². The van der Waals surface area contributed by atoms with Gasteiger partial charge in [0.2, 0.25) is 0 Å². The third kappa shape index (κ3) is 4.21. The van der Waals surface area contributed by atoms with Gasteiger partial charge in [-0.1, -0.05) is 37.5 Å². The Kier molecular flexibility index (Phi) is 5.62. The van der Waals surface area contributed by atoms with E-state index >= 15 is 0 Å². The van der Waals surface area contributed by atoms with E-state index in [1.165, 1.54) is 0 Å². The van der Waals surface area contributed by atoms with Gasteiger partial charge in [-0.05, 0) is 31.4 Å². The van der Waals surface area contributed by atoms with Gasteiger partial charge in [-0.25, -0.2) is 0 Å². The van der Waals surface area contributed by atoms with Crippen LogP contribution in [0.5, 0.6) is 0 Å². The second-order valence-corrected chi connectivity index (χ2v) is 5.90. The van der Waals surface area contributed by atoms with Gasteiger partial charge in [-0.15, -0.1) is 0 Å². The van der Waals surface area contributed by atoms with Crippen molar-refractivity contribution in [3.8, 4) is 0 Å². The summed E-state index contributed by atoms with van der Waals surface area (Å²) in [7, 11) is 0. The lowest BCUT2D eigenvalue weighted by Crippen LogP contribution is -2.44. The van der Waals surface area contributed by atoms with Crippen LogP contribution in [0.1, 0.15) is 44.1 Å². The number of carboxylic acid groups (broad SMARTS) is 1. The Morgan fingerprint density at radius 2 is 1.95 bits per heavy atom. The van der Waals surface area contributed by atoms with Gasteiger partial charge in [0.25, 0.3) is 0 Å². The zero-order chi connectivity index (χ0) is 15.2. The van der Waals surface area contributed by atoms with Crippen LogP contribution in [0.4, 0.5) is 5.69 Å². The molecule has 116 valence electrons. The quantitative estimate of drug-likeness (QED) is 0.819. The van der Waals surface area contributed by atoms with Gasteiger partial charge in [0, 0.05) is 12.2 Å². The van der Waals surface area contributed by atoms with E-state index in [-0.39, 0.29) is 18.6 Å². The molecule has 0 spiro atoms. The first-order chi connectivity index (χ1) is 10.1. The molecule has 1 aliphatic rings. The van der Waals surface area contributed by atoms with Crippen LogP contribution >= 0.6 is 0 Å². The Morgan fingerprint density at radius 3 is 2.67 bits per heavy atom. The van der Waals surface area contributed by atoms with E-state index in [1.807, 2.05) is 31.2 Å². The summed E-state index contributed by atoms with van der Waals surface area (Å²) in [4.78, 5) is 13.1. The van der Waals surface area contributed by atoms with E-state index in [0.717, 1.165) is 43.4 Å². The second kappa shape index (κ2) is 7.46. The number of anilines is 1. The smallest absolute Gasteiger partial charge is 0.305 e. The highest BCUT2D eigenvalue weighted by Gasteiger charge is 2.28. The zero-order valence-electron chi connectivity index (χ0n) is 12.7. The Balaban J connectivity index is 2.26. The van der Waals surface area contributed by atoms with Gasteiger partial charge >= 0.3 is 5.97 Å². The second-order valence-electron chi connectivity index (χ2n) is 5.90. The van der Waals surface area contributed by atoms with Crippen LogP contribution in [0.2, 0.25) is 0 Å². The van der Waals surface area contributed by atoms with Gasteiger partial charge < -0.3 is 15.1 Å². The number of aliphatic carboxylic acids is 1. The Hall–Kier alpha value is -1.55. The molecule has 0 saturated heterocycles. The molecule has 4 heteroatoms. The number of hydrogen-bond donors (Lipinski definition) is 2. The molecule has 2 rings (SSSR count). The van der Waals surface area contributed by atoms with Gasteiger partial charge in [0.1, 0.15) is 0 Å². The summed E-state index contributed by atoms with van der Waals surface area (Å²) in [5.41, 5.74) is 2.17. The lowest BCUT2D eigenvalue weighted by Gasteiger charge is -2.36. The molecule has 0 aliphatic heterocycles.